The van der Waals surface area contributed by atoms with E-state index in [1.54, 1.807) is 36.4 Å². The molecule has 0 aromatic heterocycles. The molecule has 3 fully saturated rings. The third kappa shape index (κ3) is 14.7. The third-order valence-corrected chi connectivity index (χ3v) is 14.1. The monoisotopic (exact) mass is 1050 g/mol. The highest BCUT2D eigenvalue weighted by molar-refractivity contribution is 6.00. The van der Waals surface area contributed by atoms with Crippen molar-refractivity contribution in [2.75, 3.05) is 32.8 Å². The first-order valence-electron chi connectivity index (χ1n) is 26.2. The van der Waals surface area contributed by atoms with Crippen LogP contribution < -0.4 is 42.8 Å². The van der Waals surface area contributed by atoms with Crippen LogP contribution in [0.15, 0.2) is 97.1 Å². The highest BCUT2D eigenvalue weighted by Crippen LogP contribution is 2.28. The summed E-state index contributed by atoms with van der Waals surface area (Å²) in [7, 11) is 0. The van der Waals surface area contributed by atoms with E-state index in [0.29, 0.717) is 6.61 Å². The molecule has 406 valence electrons. The number of nitrogens with two attached hydrogens (primary N) is 2. The Labute approximate surface area is 442 Å². The molecule has 1 unspecified atom stereocenters. The molecule has 3 heterocycles. The van der Waals surface area contributed by atoms with Crippen LogP contribution in [0.25, 0.3) is 22.3 Å². The molecule has 4 aromatic carbocycles. The van der Waals surface area contributed by atoms with Gasteiger partial charge in [0.1, 0.15) is 47.8 Å². The van der Waals surface area contributed by atoms with Gasteiger partial charge in [-0.2, -0.15) is 0 Å². The van der Waals surface area contributed by atoms with E-state index >= 15 is 0 Å². The Morgan fingerprint density at radius 2 is 1.34 bits per heavy atom. The number of aryl methyl sites for hydroxylation is 1. The van der Waals surface area contributed by atoms with Crippen molar-refractivity contribution in [3.05, 3.63) is 108 Å². The molecule has 7 rings (SSSR count). The number of aliphatic hydroxyl groups excluding tert-OH is 2. The lowest BCUT2D eigenvalue weighted by atomic mass is 9.99. The van der Waals surface area contributed by atoms with Crippen molar-refractivity contribution < 1.29 is 53.6 Å². The summed E-state index contributed by atoms with van der Waals surface area (Å²) in [6, 6.07) is 20.5. The van der Waals surface area contributed by atoms with Crippen LogP contribution in [0.1, 0.15) is 81.1 Å². The van der Waals surface area contributed by atoms with Gasteiger partial charge in [0.05, 0.1) is 18.8 Å². The van der Waals surface area contributed by atoms with Crippen LogP contribution in [0, 0.1) is 0 Å². The number of carbonyl (C=O) groups is 7. The van der Waals surface area contributed by atoms with E-state index in [-0.39, 0.29) is 76.0 Å². The number of aromatic hydroxyl groups is 1. The van der Waals surface area contributed by atoms with Crippen molar-refractivity contribution in [2.24, 2.45) is 11.5 Å². The molecule has 20 heteroatoms. The molecule has 3 aliphatic heterocycles. The molecular formula is C56H71N9O11. The summed E-state index contributed by atoms with van der Waals surface area (Å²) >= 11 is 0. The van der Waals surface area contributed by atoms with E-state index in [4.69, 9.17) is 16.2 Å². The van der Waals surface area contributed by atoms with E-state index in [9.17, 15) is 48.9 Å². The van der Waals surface area contributed by atoms with E-state index < -0.39 is 95.9 Å². The minimum absolute atomic E-state index is 0.00650. The molecule has 0 saturated carbocycles. The second-order valence-corrected chi connectivity index (χ2v) is 19.9. The maximum absolute atomic E-state index is 14.4. The van der Waals surface area contributed by atoms with Gasteiger partial charge in [-0.3, -0.25) is 33.6 Å². The number of phenolic OH excluding ortho intramolecular Hbond substituents is 1. The topological polar surface area (TPSA) is 308 Å². The van der Waals surface area contributed by atoms with Crippen LogP contribution >= 0.6 is 0 Å². The largest absolute Gasteiger partial charge is 0.508 e. The smallest absolute Gasteiger partial charge is 0.251 e. The molecule has 76 heavy (non-hydrogen) atoms. The summed E-state index contributed by atoms with van der Waals surface area (Å²) in [5, 5.41) is 45.1. The number of fused-ring (bicyclic) bond motifs is 2. The van der Waals surface area contributed by atoms with Crippen molar-refractivity contribution in [1.82, 2.24) is 36.4 Å². The number of carbonyl (C=O) groups excluding carboxylic acids is 7. The lowest BCUT2D eigenvalue weighted by Gasteiger charge is -2.31. The Kier molecular flexibility index (Phi) is 19.6. The first-order chi connectivity index (χ1) is 36.5. The van der Waals surface area contributed by atoms with Crippen molar-refractivity contribution in [2.45, 2.75) is 126 Å². The lowest BCUT2D eigenvalue weighted by Crippen LogP contribution is -2.61. The van der Waals surface area contributed by atoms with Crippen LogP contribution in [0.3, 0.4) is 0 Å². The average molecular weight is 1050 g/mol. The number of nitrogens with one attached hydrogen (secondary N) is 5. The zero-order valence-electron chi connectivity index (χ0n) is 43.0. The Bertz CT molecular complexity index is 2650. The summed E-state index contributed by atoms with van der Waals surface area (Å²) in [6.07, 6.45) is 0.744. The van der Waals surface area contributed by atoms with Crippen LogP contribution in [0.4, 0.5) is 0 Å². The molecule has 9 atom stereocenters. The zero-order chi connectivity index (χ0) is 54.5. The minimum Gasteiger partial charge on any atom is -0.508 e. The van der Waals surface area contributed by atoms with Crippen molar-refractivity contribution in [3.63, 3.8) is 0 Å². The van der Waals surface area contributed by atoms with Gasteiger partial charge in [-0.25, -0.2) is 0 Å². The minimum atomic E-state index is -1.66. The lowest BCUT2D eigenvalue weighted by molar-refractivity contribution is -0.144. The number of phenols is 1. The molecule has 0 bridgehead atoms. The molecule has 3 saturated heterocycles. The second kappa shape index (κ2) is 26.4. The number of unbranched alkanes of at least 4 members (excludes halogenated alkanes) is 2. The van der Waals surface area contributed by atoms with Gasteiger partial charge in [-0.15, -0.1) is 0 Å². The van der Waals surface area contributed by atoms with Crippen LogP contribution in [0.2, 0.25) is 0 Å². The number of benzene rings is 4. The normalized spacial score (nSPS) is 24.7. The summed E-state index contributed by atoms with van der Waals surface area (Å²) < 4.78 is 5.86. The SMILES string of the molecule is CCCCCOc1ccc(-c2ccc(-c3ccc(C(=O)N[C@H]4CCCNC(=O)[C@@H]5C[C@H](N)CN5C(=O)[C@@H](N)CNC(=O)[C@H](CCc5ccc(O)cc5)NC(=O)[C@@H]5C[C@@H](O)CN5C(=O)C([C@@H](C)O)NC4=O)cc3)cc2)cc1. The maximum atomic E-state index is 14.4. The van der Waals surface area contributed by atoms with Gasteiger partial charge in [0.2, 0.25) is 35.4 Å². The van der Waals surface area contributed by atoms with Crippen molar-refractivity contribution >= 4 is 41.4 Å². The number of amides is 7. The fraction of sp³-hybridized carbons (Fsp3) is 0.446. The molecule has 0 spiro atoms. The summed E-state index contributed by atoms with van der Waals surface area (Å²) in [4.78, 5) is 100. The number of nitrogens with zero attached hydrogens (tertiary/aromatic N) is 2. The molecule has 4 aromatic rings. The Hall–Kier alpha value is -7.39. The van der Waals surface area contributed by atoms with Gasteiger partial charge in [0, 0.05) is 44.2 Å². The van der Waals surface area contributed by atoms with Gasteiger partial charge in [0.25, 0.3) is 5.91 Å². The van der Waals surface area contributed by atoms with Gasteiger partial charge < -0.3 is 67.9 Å². The van der Waals surface area contributed by atoms with Crippen LogP contribution in [0.5, 0.6) is 11.5 Å². The van der Waals surface area contributed by atoms with Crippen LogP contribution in [-0.4, -0.2) is 154 Å². The number of aliphatic hydroxyl groups is 2. The van der Waals surface area contributed by atoms with E-state index in [0.717, 1.165) is 57.7 Å². The molecule has 7 amide bonds. The van der Waals surface area contributed by atoms with Gasteiger partial charge in [0.15, 0.2) is 0 Å². The van der Waals surface area contributed by atoms with E-state index in [1.165, 1.54) is 24.0 Å². The summed E-state index contributed by atoms with van der Waals surface area (Å²) in [6.45, 7) is 3.40. The predicted octanol–water partition coefficient (Wildman–Crippen LogP) is 1.62. The van der Waals surface area contributed by atoms with Crippen molar-refractivity contribution in [3.8, 4) is 33.8 Å². The summed E-state index contributed by atoms with van der Waals surface area (Å²) in [5.41, 5.74) is 17.3. The van der Waals surface area contributed by atoms with Crippen molar-refractivity contribution in [1.29, 1.82) is 0 Å². The average Bonchev–Trinajstić information content (AvgIpc) is 4.02. The van der Waals surface area contributed by atoms with E-state index in [2.05, 4.69) is 33.5 Å². The first kappa shape index (κ1) is 56.3. The second-order valence-electron chi connectivity index (χ2n) is 19.9. The van der Waals surface area contributed by atoms with Crippen LogP contribution in [-0.2, 0) is 35.2 Å². The highest BCUT2D eigenvalue weighted by Gasteiger charge is 2.44. The number of ether oxygens (including phenoxy) is 1. The van der Waals surface area contributed by atoms with Gasteiger partial charge >= 0.3 is 0 Å². The number of rotatable bonds is 13. The Morgan fingerprint density at radius 1 is 0.737 bits per heavy atom. The number of hydrogen-bond donors (Lipinski definition) is 10. The van der Waals surface area contributed by atoms with Gasteiger partial charge in [-0.05, 0) is 110 Å². The standard InChI is InChI=1S/C56H71N9O11/c1-3-4-5-27-76-43-23-19-38(20-24-43)36-13-11-35(12-14-36)37-15-17-39(18-16-37)50(69)61-45-7-6-26-59-53(72)47-28-40(57)31-64(47)55(74)44(58)30-60-51(70)46(25-10-34-8-21-41(67)22-9-34)62-54(73)48-29-42(68)32-65(48)56(75)49(33(2)66)63-52(45)71/h8-9,11-24,33,40,42,44-49,66-68H,3-7,10,25-32,57-58H2,1-2H3,(H,59,72)(H,60,70)(H,61,69)(H,62,73)(H,63,71)/t33-,40+,42-,44+,45+,46+,47+,48+,49?/m1/s1. The summed E-state index contributed by atoms with van der Waals surface area (Å²) in [5.74, 6) is -4.24. The molecule has 3 aliphatic rings. The quantitative estimate of drug-likeness (QED) is 0.0853. The zero-order valence-corrected chi connectivity index (χ0v) is 43.0. The fourth-order valence-corrected chi connectivity index (χ4v) is 9.73. The molecular weight excluding hydrogens is 975 g/mol. The Balaban J connectivity index is 1.09. The van der Waals surface area contributed by atoms with E-state index in [1.807, 2.05) is 48.5 Å². The molecule has 0 radical (unpaired) electrons. The fourth-order valence-electron chi connectivity index (χ4n) is 9.73. The predicted molar refractivity (Wildman–Crippen MR) is 283 cm³/mol. The number of hydrogen-bond acceptors (Lipinski definition) is 13. The molecule has 20 nitrogen and oxygen atoms in total. The third-order valence-electron chi connectivity index (χ3n) is 14.1. The highest BCUT2D eigenvalue weighted by atomic mass is 16.5. The molecule has 12 N–H and O–H groups in total. The molecule has 0 aliphatic carbocycles. The first-order valence-corrected chi connectivity index (χ1v) is 26.2. The maximum Gasteiger partial charge on any atom is 0.251 e. The van der Waals surface area contributed by atoms with Gasteiger partial charge in [-0.1, -0.05) is 80.4 Å². The Morgan fingerprint density at radius 3 is 1.97 bits per heavy atom.